The summed E-state index contributed by atoms with van der Waals surface area (Å²) < 4.78 is 64.8. The van der Waals surface area contributed by atoms with Crippen molar-refractivity contribution in [3.8, 4) is 0 Å². The second kappa shape index (κ2) is 25.3. The molecule has 0 rings (SSSR count). The number of carbonyl (C=O) groups excluding carboxylic acids is 3. The summed E-state index contributed by atoms with van der Waals surface area (Å²) in [7, 11) is -5.58. The van der Waals surface area contributed by atoms with Crippen LogP contribution in [0.3, 0.4) is 0 Å². The van der Waals surface area contributed by atoms with Gasteiger partial charge in [0.2, 0.25) is 0 Å². The summed E-state index contributed by atoms with van der Waals surface area (Å²) in [4.78, 5) is 53.4. The van der Waals surface area contributed by atoms with Crippen LogP contribution in [0.15, 0.2) is 0 Å². The van der Waals surface area contributed by atoms with Gasteiger partial charge in [-0.25, -0.2) is 13.9 Å². The second-order valence-electron chi connectivity index (χ2n) is 9.92. The zero-order valence-corrected chi connectivity index (χ0v) is 29.2. The quantitative estimate of drug-likeness (QED) is 0.0366. The molecule has 0 aliphatic rings. The van der Waals surface area contributed by atoms with Crippen LogP contribution in [-0.2, 0) is 55.8 Å². The van der Waals surface area contributed by atoms with Crippen LogP contribution in [-0.4, -0.2) is 132 Å². The zero-order valence-electron chi connectivity index (χ0n) is 27.4. The summed E-state index contributed by atoms with van der Waals surface area (Å²) in [6.07, 6.45) is 0.374. The minimum atomic E-state index is -4.41. The number of hydrogen-bond donors (Lipinski definition) is 6. The number of phosphoric acid groups is 2. The highest BCUT2D eigenvalue weighted by Gasteiger charge is 2.24. The molecule has 0 aromatic rings. The van der Waals surface area contributed by atoms with E-state index in [1.54, 1.807) is 27.9 Å². The first kappa shape index (κ1) is 44.3. The lowest BCUT2D eigenvalue weighted by Gasteiger charge is -2.19. The van der Waals surface area contributed by atoms with Crippen molar-refractivity contribution in [2.75, 3.05) is 80.0 Å². The second-order valence-corrected chi connectivity index (χ2v) is 12.8. The van der Waals surface area contributed by atoms with E-state index in [0.717, 1.165) is 0 Å². The largest absolute Gasteiger partial charge is 0.472 e. The number of amides is 2. The Bertz CT molecular complexity index is 892. The molecule has 2 amide bonds. The molecular formula is C25H52N4O15P2. The van der Waals surface area contributed by atoms with E-state index >= 15 is 0 Å². The molecule has 0 saturated heterocycles. The molecule has 0 bridgehead atoms. The Kier molecular flexibility index (Phi) is 24.4. The van der Waals surface area contributed by atoms with Crippen LogP contribution in [0.1, 0.15) is 40.5 Å². The number of esters is 2. The van der Waals surface area contributed by atoms with Gasteiger partial charge in [0.25, 0.3) is 0 Å². The van der Waals surface area contributed by atoms with Gasteiger partial charge in [0, 0.05) is 39.8 Å². The summed E-state index contributed by atoms with van der Waals surface area (Å²) in [5.41, 5.74) is 0. The fourth-order valence-corrected chi connectivity index (χ4v) is 4.75. The Balaban J connectivity index is 4.08. The molecule has 0 aromatic carbocycles. The molecule has 6 atom stereocenters. The number of ether oxygens (including phenoxy) is 4. The first-order valence-corrected chi connectivity index (χ1v) is 17.7. The smallest absolute Gasteiger partial charge is 0.463 e. The van der Waals surface area contributed by atoms with Crippen molar-refractivity contribution in [1.82, 2.24) is 21.3 Å². The van der Waals surface area contributed by atoms with Gasteiger partial charge in [0.1, 0.15) is 12.2 Å². The van der Waals surface area contributed by atoms with Crippen LogP contribution in [0.5, 0.6) is 0 Å². The summed E-state index contributed by atoms with van der Waals surface area (Å²) in [6, 6.07) is -1.52. The van der Waals surface area contributed by atoms with Crippen molar-refractivity contribution >= 4 is 33.6 Å². The third-order valence-electron chi connectivity index (χ3n) is 5.69. The van der Waals surface area contributed by atoms with Crippen LogP contribution >= 0.6 is 15.6 Å². The Morgan fingerprint density at radius 1 is 0.630 bits per heavy atom. The fourth-order valence-electron chi connectivity index (χ4n) is 3.22. The third kappa shape index (κ3) is 26.4. The Labute approximate surface area is 270 Å². The molecular weight excluding hydrogens is 658 g/mol. The molecule has 0 radical (unpaired) electrons. The third-order valence-corrected chi connectivity index (χ3v) is 7.66. The highest BCUT2D eigenvalue weighted by molar-refractivity contribution is 7.47. The van der Waals surface area contributed by atoms with E-state index in [0.29, 0.717) is 26.1 Å². The van der Waals surface area contributed by atoms with Crippen molar-refractivity contribution in [3.05, 3.63) is 0 Å². The standard InChI is InChI=1S/C25H52N4O15P2/c1-19(43-21(3)30)7-11-37-15-23(26-5)17-41-45(33,34)39-13-9-28-25(32)29-10-14-40-46(35,36)42-18-24(27-6)16-38-12-8-20(2)44-22(4)31/h19-20,23-24,26-27H,7-18H2,1-6H3,(H,33,34)(H,35,36)(H2,28,29,32)/t19-,20-,23-,24-/m1/s1. The molecule has 0 saturated carbocycles. The van der Waals surface area contributed by atoms with Crippen molar-refractivity contribution in [3.63, 3.8) is 0 Å². The van der Waals surface area contributed by atoms with Gasteiger partial charge < -0.3 is 50.0 Å². The van der Waals surface area contributed by atoms with Gasteiger partial charge in [-0.2, -0.15) is 0 Å². The van der Waals surface area contributed by atoms with Gasteiger partial charge in [-0.15, -0.1) is 0 Å². The first-order chi connectivity index (χ1) is 21.6. The van der Waals surface area contributed by atoms with Crippen LogP contribution in [0, 0.1) is 0 Å². The zero-order chi connectivity index (χ0) is 35.0. The van der Waals surface area contributed by atoms with Gasteiger partial charge in [-0.1, -0.05) is 0 Å². The molecule has 0 spiro atoms. The van der Waals surface area contributed by atoms with Gasteiger partial charge in [-0.05, 0) is 27.9 Å². The predicted molar refractivity (Wildman–Crippen MR) is 164 cm³/mol. The van der Waals surface area contributed by atoms with Gasteiger partial charge in [0.05, 0.1) is 64.9 Å². The Morgan fingerprint density at radius 2 is 1.00 bits per heavy atom. The topological polar surface area (TPSA) is 248 Å². The van der Waals surface area contributed by atoms with Gasteiger partial charge in [-0.3, -0.25) is 27.7 Å². The molecule has 0 aromatic heterocycles. The van der Waals surface area contributed by atoms with Crippen molar-refractivity contribution in [1.29, 1.82) is 0 Å². The molecule has 0 aliphatic carbocycles. The van der Waals surface area contributed by atoms with E-state index in [9.17, 15) is 33.3 Å². The summed E-state index contributed by atoms with van der Waals surface area (Å²) in [5, 5.41) is 10.5. The maximum absolute atomic E-state index is 12.1. The maximum atomic E-state index is 12.1. The van der Waals surface area contributed by atoms with E-state index in [2.05, 4.69) is 21.3 Å². The highest BCUT2D eigenvalue weighted by atomic mass is 31.2. The monoisotopic (exact) mass is 710 g/mol. The molecule has 272 valence electrons. The van der Waals surface area contributed by atoms with E-state index in [4.69, 9.17) is 37.0 Å². The van der Waals surface area contributed by atoms with Crippen LogP contribution in [0.2, 0.25) is 0 Å². The van der Waals surface area contributed by atoms with Crippen molar-refractivity contribution in [2.45, 2.75) is 64.8 Å². The van der Waals surface area contributed by atoms with E-state index in [1.165, 1.54) is 13.8 Å². The van der Waals surface area contributed by atoms with Gasteiger partial charge >= 0.3 is 33.6 Å². The minimum Gasteiger partial charge on any atom is -0.463 e. The molecule has 2 unspecified atom stereocenters. The number of hydrogen-bond acceptors (Lipinski definition) is 15. The molecule has 0 aliphatic heterocycles. The van der Waals surface area contributed by atoms with E-state index in [1.807, 2.05) is 0 Å². The van der Waals surface area contributed by atoms with Crippen LogP contribution in [0.25, 0.3) is 0 Å². The number of likely N-dealkylation sites (N-methyl/N-ethyl adjacent to an activating group) is 2. The van der Waals surface area contributed by atoms with Crippen molar-refractivity contribution < 1.29 is 70.3 Å². The number of rotatable bonds is 28. The van der Waals surface area contributed by atoms with Crippen LogP contribution < -0.4 is 21.3 Å². The SMILES string of the molecule is CN[C@H](COCC[C@@H](C)OC(C)=O)COP(=O)(O)OCCNC(=O)NCCOP(=O)(O)OC[C@@H](COCC[C@@H](C)OC(C)=O)NC. The lowest BCUT2D eigenvalue weighted by molar-refractivity contribution is -0.147. The number of carbonyl (C=O) groups is 3. The summed E-state index contributed by atoms with van der Waals surface area (Å²) in [6.45, 7) is 5.71. The van der Waals surface area contributed by atoms with Gasteiger partial charge in [0.15, 0.2) is 0 Å². The molecule has 0 fully saturated rings. The Morgan fingerprint density at radius 3 is 1.33 bits per heavy atom. The number of urea groups is 1. The molecule has 21 heteroatoms. The predicted octanol–water partition coefficient (Wildman–Crippen LogP) is 0.445. The summed E-state index contributed by atoms with van der Waals surface area (Å²) >= 11 is 0. The highest BCUT2D eigenvalue weighted by Crippen LogP contribution is 2.43. The molecule has 6 N–H and O–H groups in total. The molecule has 0 heterocycles. The normalized spacial score (nSPS) is 16.7. The first-order valence-electron chi connectivity index (χ1n) is 14.7. The number of phosphoric ester groups is 2. The van der Waals surface area contributed by atoms with E-state index in [-0.39, 0.29) is 76.9 Å². The van der Waals surface area contributed by atoms with Crippen LogP contribution in [0.4, 0.5) is 4.79 Å². The minimum absolute atomic E-state index is 0.141. The average molecular weight is 711 g/mol. The maximum Gasteiger partial charge on any atom is 0.472 e. The molecule has 19 nitrogen and oxygen atoms in total. The van der Waals surface area contributed by atoms with Crippen molar-refractivity contribution in [2.24, 2.45) is 0 Å². The fraction of sp³-hybridized carbons (Fsp3) is 0.880. The number of nitrogens with one attached hydrogen (secondary N) is 4. The lowest BCUT2D eigenvalue weighted by Crippen LogP contribution is -2.39. The molecule has 46 heavy (non-hydrogen) atoms. The van der Waals surface area contributed by atoms with E-state index < -0.39 is 33.8 Å². The summed E-state index contributed by atoms with van der Waals surface area (Å²) in [5.74, 6) is -0.758. The Hall–Kier alpha value is -1.73. The average Bonchev–Trinajstić information content (AvgIpc) is 2.96. The lowest BCUT2D eigenvalue weighted by atomic mass is 10.3.